The van der Waals surface area contributed by atoms with E-state index in [2.05, 4.69) is 17.2 Å². The molecule has 1 N–H and O–H groups in total. The fourth-order valence-corrected chi connectivity index (χ4v) is 5.12. The van der Waals surface area contributed by atoms with Crippen LogP contribution in [0, 0.1) is 6.92 Å². The maximum atomic E-state index is 13.3. The molecule has 2 aromatic heterocycles. The van der Waals surface area contributed by atoms with Crippen LogP contribution in [0.5, 0.6) is 5.75 Å². The second kappa shape index (κ2) is 9.91. The van der Waals surface area contributed by atoms with E-state index < -0.39 is 6.04 Å². The number of para-hydroxylation sites is 1. The van der Waals surface area contributed by atoms with E-state index in [4.69, 9.17) is 9.72 Å². The lowest BCUT2D eigenvalue weighted by Crippen LogP contribution is -2.49. The normalized spacial score (nSPS) is 13.6. The van der Waals surface area contributed by atoms with Gasteiger partial charge in [0.2, 0.25) is 5.91 Å². The van der Waals surface area contributed by atoms with Crippen molar-refractivity contribution in [2.45, 2.75) is 33.2 Å². The third kappa shape index (κ3) is 4.47. The SMILES string of the molecule is CCc1cccc(C)c1NC(=O)C(C)N1C(=O)COc2ccc(-c3csc(-c4ccccn4)n3)cc21. The summed E-state index contributed by atoms with van der Waals surface area (Å²) in [6, 6.07) is 16.5. The number of nitrogens with zero attached hydrogens (tertiary/aromatic N) is 3. The van der Waals surface area contributed by atoms with Gasteiger partial charge in [-0.1, -0.05) is 31.2 Å². The van der Waals surface area contributed by atoms with Crippen LogP contribution < -0.4 is 15.0 Å². The minimum atomic E-state index is -0.737. The molecule has 0 saturated heterocycles. The molecule has 0 spiro atoms. The maximum Gasteiger partial charge on any atom is 0.265 e. The first-order valence-corrected chi connectivity index (χ1v) is 12.7. The molecule has 2 aromatic carbocycles. The van der Waals surface area contributed by atoms with Crippen LogP contribution in [-0.4, -0.2) is 34.4 Å². The van der Waals surface area contributed by atoms with E-state index >= 15 is 0 Å². The van der Waals surface area contributed by atoms with Gasteiger partial charge in [-0.05, 0) is 61.7 Å². The lowest BCUT2D eigenvalue weighted by Gasteiger charge is -2.33. The Hall–Kier alpha value is -4.04. The summed E-state index contributed by atoms with van der Waals surface area (Å²) in [5.41, 5.74) is 5.80. The second-order valence-corrected chi connectivity index (χ2v) is 9.47. The van der Waals surface area contributed by atoms with E-state index in [0.29, 0.717) is 11.4 Å². The molecule has 182 valence electrons. The number of aromatic nitrogens is 2. The minimum Gasteiger partial charge on any atom is -0.482 e. The number of thiazole rings is 1. The van der Waals surface area contributed by atoms with E-state index in [1.807, 2.05) is 66.9 Å². The number of hydrogen-bond acceptors (Lipinski definition) is 6. The molecule has 1 aliphatic rings. The number of fused-ring (bicyclic) bond motifs is 1. The van der Waals surface area contributed by atoms with Crippen molar-refractivity contribution in [3.05, 3.63) is 77.3 Å². The zero-order valence-electron chi connectivity index (χ0n) is 20.3. The van der Waals surface area contributed by atoms with Crippen LogP contribution >= 0.6 is 11.3 Å². The smallest absolute Gasteiger partial charge is 0.265 e. The zero-order chi connectivity index (χ0) is 25.2. The molecule has 36 heavy (non-hydrogen) atoms. The number of amides is 2. The number of pyridine rings is 1. The Labute approximate surface area is 213 Å². The van der Waals surface area contributed by atoms with Gasteiger partial charge in [0.15, 0.2) is 6.61 Å². The molecule has 7 nitrogen and oxygen atoms in total. The van der Waals surface area contributed by atoms with Gasteiger partial charge in [-0.15, -0.1) is 11.3 Å². The molecule has 0 bridgehead atoms. The van der Waals surface area contributed by atoms with Crippen LogP contribution in [-0.2, 0) is 16.0 Å². The van der Waals surface area contributed by atoms with Crippen molar-refractivity contribution in [2.24, 2.45) is 0 Å². The Morgan fingerprint density at radius 2 is 2.03 bits per heavy atom. The number of nitrogens with one attached hydrogen (secondary N) is 1. The predicted molar refractivity (Wildman–Crippen MR) is 142 cm³/mol. The average molecular weight is 499 g/mol. The molecule has 8 heteroatoms. The summed E-state index contributed by atoms with van der Waals surface area (Å²) in [7, 11) is 0. The molecule has 0 saturated carbocycles. The zero-order valence-corrected chi connectivity index (χ0v) is 21.1. The van der Waals surface area contributed by atoms with Crippen molar-refractivity contribution < 1.29 is 14.3 Å². The van der Waals surface area contributed by atoms with Crippen LogP contribution in [0.3, 0.4) is 0 Å². The molecule has 3 heterocycles. The summed E-state index contributed by atoms with van der Waals surface area (Å²) in [6.07, 6.45) is 2.53. The van der Waals surface area contributed by atoms with Crippen LogP contribution in [0.4, 0.5) is 11.4 Å². The van der Waals surface area contributed by atoms with Crippen molar-refractivity contribution in [2.75, 3.05) is 16.8 Å². The minimum absolute atomic E-state index is 0.116. The van der Waals surface area contributed by atoms with Crippen LogP contribution in [0.2, 0.25) is 0 Å². The molecular formula is C28H26N4O3S. The fourth-order valence-electron chi connectivity index (χ4n) is 4.32. The molecule has 1 aliphatic heterocycles. The van der Waals surface area contributed by atoms with Crippen molar-refractivity contribution >= 4 is 34.5 Å². The van der Waals surface area contributed by atoms with Gasteiger partial charge in [0.1, 0.15) is 16.8 Å². The average Bonchev–Trinajstić information content (AvgIpc) is 3.40. The van der Waals surface area contributed by atoms with Gasteiger partial charge in [0.25, 0.3) is 5.91 Å². The summed E-state index contributed by atoms with van der Waals surface area (Å²) in [6.45, 7) is 5.64. The molecule has 1 atom stereocenters. The van der Waals surface area contributed by atoms with E-state index in [1.165, 1.54) is 16.2 Å². The topological polar surface area (TPSA) is 84.4 Å². The van der Waals surface area contributed by atoms with E-state index in [1.54, 1.807) is 13.1 Å². The number of rotatable bonds is 6. The summed E-state index contributed by atoms with van der Waals surface area (Å²) >= 11 is 1.50. The predicted octanol–water partition coefficient (Wildman–Crippen LogP) is 5.50. The Morgan fingerprint density at radius 3 is 2.81 bits per heavy atom. The summed E-state index contributed by atoms with van der Waals surface area (Å²) < 4.78 is 5.68. The number of carbonyl (C=O) groups is 2. The monoisotopic (exact) mass is 498 g/mol. The van der Waals surface area contributed by atoms with Crippen LogP contribution in [0.25, 0.3) is 22.0 Å². The van der Waals surface area contributed by atoms with Gasteiger partial charge < -0.3 is 10.1 Å². The highest BCUT2D eigenvalue weighted by Gasteiger charge is 2.34. The van der Waals surface area contributed by atoms with Gasteiger partial charge in [0, 0.05) is 22.8 Å². The van der Waals surface area contributed by atoms with Crippen LogP contribution in [0.15, 0.2) is 66.2 Å². The molecule has 2 amide bonds. The van der Waals surface area contributed by atoms with Gasteiger partial charge in [-0.25, -0.2) is 4.98 Å². The maximum absolute atomic E-state index is 13.3. The third-order valence-corrected chi connectivity index (χ3v) is 7.14. The van der Waals surface area contributed by atoms with Gasteiger partial charge >= 0.3 is 0 Å². The summed E-state index contributed by atoms with van der Waals surface area (Å²) in [5.74, 6) is 0.0373. The Morgan fingerprint density at radius 1 is 1.17 bits per heavy atom. The molecule has 1 unspecified atom stereocenters. The first-order valence-electron chi connectivity index (χ1n) is 11.8. The Balaban J connectivity index is 1.45. The number of ether oxygens (including phenoxy) is 1. The Bertz CT molecular complexity index is 1430. The molecule has 5 rings (SSSR count). The first-order chi connectivity index (χ1) is 17.5. The number of carbonyl (C=O) groups excluding carboxylic acids is 2. The lowest BCUT2D eigenvalue weighted by atomic mass is 10.0. The highest BCUT2D eigenvalue weighted by atomic mass is 32.1. The molecule has 0 fully saturated rings. The van der Waals surface area contributed by atoms with E-state index in [0.717, 1.165) is 45.2 Å². The van der Waals surface area contributed by atoms with Gasteiger partial charge in [-0.2, -0.15) is 0 Å². The molecule has 0 radical (unpaired) electrons. The Kier molecular flexibility index (Phi) is 6.52. The molecule has 4 aromatic rings. The molecular weight excluding hydrogens is 472 g/mol. The van der Waals surface area contributed by atoms with E-state index in [-0.39, 0.29) is 18.4 Å². The standard InChI is InChI=1S/C28H26N4O3S/c1-4-19-9-7-8-17(2)26(19)31-27(34)18(3)32-23-14-20(11-12-24(23)35-15-25(32)33)22-16-36-28(30-22)21-10-5-6-13-29-21/h5-14,16,18H,4,15H2,1-3H3,(H,31,34). The number of benzene rings is 2. The van der Waals surface area contributed by atoms with Gasteiger partial charge in [-0.3, -0.25) is 19.5 Å². The first kappa shape index (κ1) is 23.7. The second-order valence-electron chi connectivity index (χ2n) is 8.62. The number of aryl methyl sites for hydroxylation is 2. The van der Waals surface area contributed by atoms with Crippen molar-refractivity contribution in [3.63, 3.8) is 0 Å². The van der Waals surface area contributed by atoms with Crippen molar-refractivity contribution in [3.8, 4) is 27.7 Å². The fraction of sp³-hybridized carbons (Fsp3) is 0.214. The number of anilines is 2. The lowest BCUT2D eigenvalue weighted by molar-refractivity contribution is -0.125. The highest BCUT2D eigenvalue weighted by Crippen LogP contribution is 2.38. The quantitative estimate of drug-likeness (QED) is 0.380. The summed E-state index contributed by atoms with van der Waals surface area (Å²) in [5, 5.41) is 5.83. The number of hydrogen-bond donors (Lipinski definition) is 1. The highest BCUT2D eigenvalue weighted by molar-refractivity contribution is 7.13. The van der Waals surface area contributed by atoms with E-state index in [9.17, 15) is 9.59 Å². The molecule has 0 aliphatic carbocycles. The van der Waals surface area contributed by atoms with Gasteiger partial charge in [0.05, 0.1) is 17.1 Å². The van der Waals surface area contributed by atoms with Crippen LogP contribution in [0.1, 0.15) is 25.0 Å². The van der Waals surface area contributed by atoms with Crippen molar-refractivity contribution in [1.29, 1.82) is 0 Å². The van der Waals surface area contributed by atoms with Crippen molar-refractivity contribution in [1.82, 2.24) is 9.97 Å². The largest absolute Gasteiger partial charge is 0.482 e. The third-order valence-electron chi connectivity index (χ3n) is 6.28. The summed E-state index contributed by atoms with van der Waals surface area (Å²) in [4.78, 5) is 37.0.